The second-order valence-electron chi connectivity index (χ2n) is 12.1. The van der Waals surface area contributed by atoms with Crippen molar-refractivity contribution in [2.24, 2.45) is 11.8 Å². The molecule has 12 heteroatoms. The van der Waals surface area contributed by atoms with Crippen LogP contribution in [0.4, 0.5) is 10.3 Å². The van der Waals surface area contributed by atoms with Crippen LogP contribution in [0.2, 0.25) is 0 Å². The summed E-state index contributed by atoms with van der Waals surface area (Å²) in [5.74, 6) is 1.03. The first kappa shape index (κ1) is 34.1. The highest BCUT2D eigenvalue weighted by molar-refractivity contribution is 5.79. The van der Waals surface area contributed by atoms with E-state index < -0.39 is 24.1 Å². The van der Waals surface area contributed by atoms with Crippen molar-refractivity contribution in [2.45, 2.75) is 70.4 Å². The number of anilines is 1. The number of halogens is 1. The molecule has 0 aliphatic carbocycles. The zero-order chi connectivity index (χ0) is 31.5. The molecule has 2 fully saturated rings. The number of amides is 1. The van der Waals surface area contributed by atoms with Gasteiger partial charge in [-0.05, 0) is 60.8 Å². The Bertz CT molecular complexity index is 1160. The maximum atomic E-state index is 14.8. The molecule has 0 unspecified atom stereocenters. The smallest absolute Gasteiger partial charge is 0.227 e. The molecule has 4 rings (SSSR count). The largest absolute Gasteiger partial charge is 0.396 e. The molecule has 11 nitrogen and oxygen atoms in total. The van der Waals surface area contributed by atoms with Crippen molar-refractivity contribution >= 4 is 11.9 Å². The summed E-state index contributed by atoms with van der Waals surface area (Å²) in [6.45, 7) is 6.31. The van der Waals surface area contributed by atoms with E-state index >= 15 is 0 Å². The summed E-state index contributed by atoms with van der Waals surface area (Å²) < 4.78 is 20.6. The standard InChI is InChI=1S/C32H48FN5O6/c1-2-22-16-35-32(36-17-22)37-9-5-23(6-10-37)8-12-44-21-24-3-4-26(27(33)13-24)14-30(42)38-19-25(20-38)15-34-18-29(41)31(43)28(40)7-11-39/h3-4,13,16-17,23,25,28-29,31,34,39-41,43H,2,5-12,14-15,18-21H2,1H3/t28-,29+,31+/m0/s1. The molecular formula is C32H48FN5O6. The van der Waals surface area contributed by atoms with Gasteiger partial charge in [-0.2, -0.15) is 0 Å². The molecule has 2 aliphatic heterocycles. The lowest BCUT2D eigenvalue weighted by molar-refractivity contribution is -0.136. The summed E-state index contributed by atoms with van der Waals surface area (Å²) in [4.78, 5) is 25.6. The highest BCUT2D eigenvalue weighted by Crippen LogP contribution is 2.24. The van der Waals surface area contributed by atoms with Crippen LogP contribution in [-0.2, 0) is 29.0 Å². The van der Waals surface area contributed by atoms with Crippen molar-refractivity contribution in [1.82, 2.24) is 20.2 Å². The Morgan fingerprint density at radius 3 is 2.48 bits per heavy atom. The molecule has 3 heterocycles. The second kappa shape index (κ2) is 17.1. The molecule has 0 saturated carbocycles. The van der Waals surface area contributed by atoms with Gasteiger partial charge in [-0.25, -0.2) is 14.4 Å². The molecule has 0 radical (unpaired) electrons. The van der Waals surface area contributed by atoms with Crippen molar-refractivity contribution in [3.63, 3.8) is 0 Å². The first-order valence-electron chi connectivity index (χ1n) is 15.8. The summed E-state index contributed by atoms with van der Waals surface area (Å²) in [5, 5.41) is 41.4. The third-order valence-electron chi connectivity index (χ3n) is 8.71. The number of hydrogen-bond acceptors (Lipinski definition) is 10. The van der Waals surface area contributed by atoms with Gasteiger partial charge in [0.05, 0.1) is 25.2 Å². The number of hydrogen-bond donors (Lipinski definition) is 5. The van der Waals surface area contributed by atoms with E-state index in [9.17, 15) is 24.5 Å². The molecule has 44 heavy (non-hydrogen) atoms. The monoisotopic (exact) mass is 617 g/mol. The Morgan fingerprint density at radius 1 is 1.09 bits per heavy atom. The lowest BCUT2D eigenvalue weighted by Crippen LogP contribution is -2.54. The van der Waals surface area contributed by atoms with Gasteiger partial charge in [-0.1, -0.05) is 19.1 Å². The summed E-state index contributed by atoms with van der Waals surface area (Å²) >= 11 is 0. The summed E-state index contributed by atoms with van der Waals surface area (Å²) in [7, 11) is 0. The Morgan fingerprint density at radius 2 is 1.82 bits per heavy atom. The number of likely N-dealkylation sites (tertiary alicyclic amines) is 1. The van der Waals surface area contributed by atoms with Gasteiger partial charge in [-0.3, -0.25) is 4.79 Å². The molecule has 244 valence electrons. The summed E-state index contributed by atoms with van der Waals surface area (Å²) in [6, 6.07) is 4.92. The molecule has 3 atom stereocenters. The molecule has 2 aliphatic rings. The fraction of sp³-hybridized carbons (Fsp3) is 0.656. The third-order valence-corrected chi connectivity index (χ3v) is 8.71. The van der Waals surface area contributed by atoms with Crippen LogP contribution in [0, 0.1) is 17.7 Å². The Balaban J connectivity index is 1.08. The van der Waals surface area contributed by atoms with Crippen molar-refractivity contribution in [3.8, 4) is 0 Å². The number of nitrogens with one attached hydrogen (secondary N) is 1. The van der Waals surface area contributed by atoms with Crippen LogP contribution in [0.5, 0.6) is 0 Å². The molecule has 1 aromatic heterocycles. The van der Waals surface area contributed by atoms with Crippen molar-refractivity contribution < 1.29 is 34.3 Å². The molecule has 1 aromatic carbocycles. The lowest BCUT2D eigenvalue weighted by atomic mass is 9.94. The number of nitrogens with zero attached hydrogens (tertiary/aromatic N) is 4. The lowest BCUT2D eigenvalue weighted by Gasteiger charge is -2.39. The SMILES string of the molecule is CCc1cnc(N2CCC(CCOCc3ccc(CC(=O)N4CC(CNC[C@@H](O)[C@H](O)[C@@H](O)CCO)C4)c(F)c3)CC2)nc1. The number of aromatic nitrogens is 2. The zero-order valence-corrected chi connectivity index (χ0v) is 25.7. The van der Waals surface area contributed by atoms with Gasteiger partial charge in [0.1, 0.15) is 11.9 Å². The Hall–Kier alpha value is -2.74. The second-order valence-corrected chi connectivity index (χ2v) is 12.1. The zero-order valence-electron chi connectivity index (χ0n) is 25.7. The van der Waals surface area contributed by atoms with Crippen LogP contribution in [0.25, 0.3) is 0 Å². The molecule has 2 aromatic rings. The van der Waals surface area contributed by atoms with Crippen molar-refractivity contribution in [3.05, 3.63) is 53.1 Å². The fourth-order valence-corrected chi connectivity index (χ4v) is 5.67. The minimum absolute atomic E-state index is 0.00669. The number of rotatable bonds is 17. The van der Waals surface area contributed by atoms with E-state index in [0.717, 1.165) is 55.8 Å². The van der Waals surface area contributed by atoms with Gasteiger partial charge in [0.2, 0.25) is 11.9 Å². The van der Waals surface area contributed by atoms with E-state index in [0.29, 0.717) is 44.3 Å². The maximum Gasteiger partial charge on any atom is 0.227 e. The van der Waals surface area contributed by atoms with Crippen molar-refractivity contribution in [2.75, 3.05) is 57.4 Å². The molecule has 1 amide bonds. The predicted octanol–water partition coefficient (Wildman–Crippen LogP) is 1.06. The van der Waals surface area contributed by atoms with E-state index in [1.54, 1.807) is 11.0 Å². The van der Waals surface area contributed by atoms with Crippen molar-refractivity contribution in [1.29, 1.82) is 0 Å². The van der Waals surface area contributed by atoms with Gasteiger partial charge < -0.3 is 40.3 Å². The van der Waals surface area contributed by atoms with E-state index in [1.807, 2.05) is 18.5 Å². The molecule has 5 N–H and O–H groups in total. The number of aliphatic hydroxyl groups excluding tert-OH is 4. The van der Waals surface area contributed by atoms with E-state index in [4.69, 9.17) is 9.84 Å². The summed E-state index contributed by atoms with van der Waals surface area (Å²) in [6.07, 6.45) is 4.11. The van der Waals surface area contributed by atoms with E-state index in [2.05, 4.69) is 27.1 Å². The number of aryl methyl sites for hydroxylation is 1. The topological polar surface area (TPSA) is 152 Å². The van der Waals surface area contributed by atoms with Crippen LogP contribution < -0.4 is 10.2 Å². The summed E-state index contributed by atoms with van der Waals surface area (Å²) in [5.41, 5.74) is 2.24. The normalized spacial score (nSPS) is 18.2. The third kappa shape index (κ3) is 9.88. The highest BCUT2D eigenvalue weighted by atomic mass is 19.1. The number of carbonyl (C=O) groups excluding carboxylic acids is 1. The number of benzene rings is 1. The molecule has 0 bridgehead atoms. The minimum Gasteiger partial charge on any atom is -0.396 e. The average molecular weight is 618 g/mol. The van der Waals surface area contributed by atoms with Crippen LogP contribution in [-0.4, -0.2) is 112 Å². The maximum absolute atomic E-state index is 14.8. The Kier molecular flexibility index (Phi) is 13.3. The predicted molar refractivity (Wildman–Crippen MR) is 163 cm³/mol. The number of ether oxygens (including phenoxy) is 1. The minimum atomic E-state index is -1.35. The van der Waals surface area contributed by atoms with Gasteiger partial charge in [0.15, 0.2) is 0 Å². The van der Waals surface area contributed by atoms with Gasteiger partial charge >= 0.3 is 0 Å². The quantitative estimate of drug-likeness (QED) is 0.163. The molecule has 0 spiro atoms. The van der Waals surface area contributed by atoms with Crippen LogP contribution in [0.1, 0.15) is 49.3 Å². The molecule has 2 saturated heterocycles. The first-order valence-corrected chi connectivity index (χ1v) is 15.8. The fourth-order valence-electron chi connectivity index (χ4n) is 5.67. The molecular weight excluding hydrogens is 569 g/mol. The van der Waals surface area contributed by atoms with E-state index in [1.165, 1.54) is 6.07 Å². The first-order chi connectivity index (χ1) is 21.3. The Labute approximate surface area is 259 Å². The number of aliphatic hydroxyl groups is 4. The number of piperidine rings is 1. The van der Waals surface area contributed by atoms with E-state index in [-0.39, 0.29) is 37.8 Å². The van der Waals surface area contributed by atoms with Gasteiger partial charge in [-0.15, -0.1) is 0 Å². The van der Waals surface area contributed by atoms with Gasteiger partial charge in [0, 0.05) is 70.8 Å². The number of carbonyl (C=O) groups is 1. The highest BCUT2D eigenvalue weighted by Gasteiger charge is 2.31. The van der Waals surface area contributed by atoms with Gasteiger partial charge in [0.25, 0.3) is 0 Å². The van der Waals surface area contributed by atoms with Crippen LogP contribution >= 0.6 is 0 Å². The van der Waals surface area contributed by atoms with Crippen LogP contribution in [0.3, 0.4) is 0 Å². The van der Waals surface area contributed by atoms with Crippen LogP contribution in [0.15, 0.2) is 30.6 Å². The average Bonchev–Trinajstić information content (AvgIpc) is 3.01.